The first-order valence-corrected chi connectivity index (χ1v) is 7.37. The molecule has 116 valence electrons. The topological polar surface area (TPSA) is 64.0 Å². The van der Waals surface area contributed by atoms with Crippen LogP contribution in [-0.2, 0) is 13.1 Å². The maximum absolute atomic E-state index is 12.1. The van der Waals surface area contributed by atoms with Gasteiger partial charge in [0.1, 0.15) is 5.69 Å². The molecule has 1 amide bonds. The summed E-state index contributed by atoms with van der Waals surface area (Å²) in [6.45, 7) is 6.95. The second-order valence-corrected chi connectivity index (χ2v) is 5.80. The van der Waals surface area contributed by atoms with Crippen molar-refractivity contribution < 1.29 is 4.79 Å². The molecule has 2 rings (SSSR count). The van der Waals surface area contributed by atoms with E-state index in [1.54, 1.807) is 0 Å². The molecule has 0 saturated carbocycles. The van der Waals surface area contributed by atoms with Gasteiger partial charge < -0.3 is 5.32 Å². The first-order valence-electron chi connectivity index (χ1n) is 7.37. The van der Waals surface area contributed by atoms with Crippen LogP contribution in [0.5, 0.6) is 0 Å². The first kappa shape index (κ1) is 15.9. The van der Waals surface area contributed by atoms with E-state index in [4.69, 9.17) is 0 Å². The molecule has 0 radical (unpaired) electrons. The molecule has 0 saturated heterocycles. The summed E-state index contributed by atoms with van der Waals surface area (Å²) in [5, 5.41) is 6.95. The Morgan fingerprint density at radius 3 is 2.50 bits per heavy atom. The van der Waals surface area contributed by atoms with Crippen molar-refractivity contribution in [3.8, 4) is 0 Å². The number of carbonyl (C=O) groups excluding carboxylic acids is 1. The zero-order valence-corrected chi connectivity index (χ0v) is 13.2. The lowest BCUT2D eigenvalue weighted by molar-refractivity contribution is 0.0943. The van der Waals surface area contributed by atoms with Crippen LogP contribution >= 0.6 is 0 Å². The van der Waals surface area contributed by atoms with Crippen LogP contribution in [0.4, 0.5) is 0 Å². The van der Waals surface area contributed by atoms with Gasteiger partial charge in [0, 0.05) is 19.2 Å². The van der Waals surface area contributed by atoms with Gasteiger partial charge in [0.05, 0.1) is 0 Å². The maximum Gasteiger partial charge on any atom is 0.271 e. The highest BCUT2D eigenvalue weighted by Gasteiger charge is 2.10. The van der Waals surface area contributed by atoms with E-state index in [2.05, 4.69) is 10.4 Å². The molecule has 1 N–H and O–H groups in total. The molecule has 0 aliphatic heterocycles. The molecule has 0 spiro atoms. The highest BCUT2D eigenvalue weighted by Crippen LogP contribution is 2.03. The summed E-state index contributed by atoms with van der Waals surface area (Å²) in [6.07, 6.45) is 0. The first-order chi connectivity index (χ1) is 10.5. The number of benzene rings is 1. The van der Waals surface area contributed by atoms with Gasteiger partial charge in [-0.1, -0.05) is 43.7 Å². The highest BCUT2D eigenvalue weighted by molar-refractivity contribution is 5.91. The van der Waals surface area contributed by atoms with Crippen molar-refractivity contribution in [1.29, 1.82) is 0 Å². The van der Waals surface area contributed by atoms with Crippen LogP contribution in [-0.4, -0.2) is 15.7 Å². The average molecular weight is 299 g/mol. The molecule has 0 aliphatic carbocycles. The van der Waals surface area contributed by atoms with Gasteiger partial charge in [0.15, 0.2) is 0 Å². The number of rotatable bonds is 5. The zero-order chi connectivity index (χ0) is 16.1. The second kappa shape index (κ2) is 7.02. The molecular formula is C17H21N3O2. The minimum atomic E-state index is -0.280. The Bertz CT molecular complexity index is 703. The van der Waals surface area contributed by atoms with Crippen LogP contribution in [0.3, 0.4) is 0 Å². The summed E-state index contributed by atoms with van der Waals surface area (Å²) in [6, 6.07) is 10.8. The fourth-order valence-corrected chi connectivity index (χ4v) is 2.03. The molecule has 22 heavy (non-hydrogen) atoms. The van der Waals surface area contributed by atoms with E-state index in [0.717, 1.165) is 5.56 Å². The number of amides is 1. The third kappa shape index (κ3) is 4.28. The van der Waals surface area contributed by atoms with Gasteiger partial charge in [-0.25, -0.2) is 4.68 Å². The molecule has 2 aromatic rings. The van der Waals surface area contributed by atoms with E-state index >= 15 is 0 Å². The van der Waals surface area contributed by atoms with Crippen molar-refractivity contribution in [3.05, 3.63) is 63.6 Å². The van der Waals surface area contributed by atoms with Crippen molar-refractivity contribution in [2.24, 2.45) is 5.92 Å². The number of nitrogens with zero attached hydrogens (tertiary/aromatic N) is 2. The number of hydrogen-bond donors (Lipinski definition) is 1. The van der Waals surface area contributed by atoms with Crippen LogP contribution in [0.15, 0.2) is 41.2 Å². The van der Waals surface area contributed by atoms with E-state index in [0.29, 0.717) is 13.1 Å². The van der Waals surface area contributed by atoms with Gasteiger partial charge >= 0.3 is 0 Å². The molecule has 0 unspecified atom stereocenters. The summed E-state index contributed by atoms with van der Waals surface area (Å²) in [4.78, 5) is 23.9. The third-order valence-corrected chi connectivity index (χ3v) is 3.21. The zero-order valence-electron chi connectivity index (χ0n) is 13.2. The standard InChI is InChI=1S/C17H21N3O2/c1-12(2)11-20-16(21)9-8-15(19-20)17(22)18-10-14-6-4-13(3)5-7-14/h4-9,12H,10-11H2,1-3H3,(H,18,22). The van der Waals surface area contributed by atoms with Crippen LogP contribution in [0.2, 0.25) is 0 Å². The van der Waals surface area contributed by atoms with Crippen LogP contribution in [0, 0.1) is 12.8 Å². The van der Waals surface area contributed by atoms with Gasteiger partial charge in [0.2, 0.25) is 0 Å². The van der Waals surface area contributed by atoms with E-state index in [-0.39, 0.29) is 23.1 Å². The van der Waals surface area contributed by atoms with Crippen LogP contribution in [0.25, 0.3) is 0 Å². The number of aryl methyl sites for hydroxylation is 1. The smallest absolute Gasteiger partial charge is 0.271 e. The van der Waals surface area contributed by atoms with Crippen LogP contribution < -0.4 is 10.9 Å². The highest BCUT2D eigenvalue weighted by atomic mass is 16.2. The van der Waals surface area contributed by atoms with E-state index in [1.807, 2.05) is 45.0 Å². The average Bonchev–Trinajstić information content (AvgIpc) is 2.48. The van der Waals surface area contributed by atoms with Crippen LogP contribution in [0.1, 0.15) is 35.5 Å². The van der Waals surface area contributed by atoms with Gasteiger partial charge in [-0.2, -0.15) is 5.10 Å². The minimum absolute atomic E-state index is 0.191. The molecule has 1 heterocycles. The monoisotopic (exact) mass is 299 g/mol. The Labute approximate surface area is 130 Å². The van der Waals surface area contributed by atoms with Gasteiger partial charge in [-0.15, -0.1) is 0 Å². The predicted molar refractivity (Wildman–Crippen MR) is 85.7 cm³/mol. The minimum Gasteiger partial charge on any atom is -0.347 e. The lowest BCUT2D eigenvalue weighted by Gasteiger charge is -2.09. The lowest BCUT2D eigenvalue weighted by atomic mass is 10.1. The maximum atomic E-state index is 12.1. The van der Waals surface area contributed by atoms with Gasteiger partial charge in [-0.3, -0.25) is 9.59 Å². The third-order valence-electron chi connectivity index (χ3n) is 3.21. The Morgan fingerprint density at radius 1 is 1.18 bits per heavy atom. The normalized spacial score (nSPS) is 10.7. The number of hydrogen-bond acceptors (Lipinski definition) is 3. The molecule has 5 nitrogen and oxygen atoms in total. The number of carbonyl (C=O) groups is 1. The molecule has 0 bridgehead atoms. The molecule has 1 aromatic carbocycles. The molecular weight excluding hydrogens is 278 g/mol. The number of nitrogens with one attached hydrogen (secondary N) is 1. The SMILES string of the molecule is Cc1ccc(CNC(=O)c2ccc(=O)n(CC(C)C)n2)cc1. The molecule has 1 aromatic heterocycles. The van der Waals surface area contributed by atoms with Gasteiger partial charge in [-0.05, 0) is 24.5 Å². The van der Waals surface area contributed by atoms with E-state index in [9.17, 15) is 9.59 Å². The summed E-state index contributed by atoms with van der Waals surface area (Å²) in [5.74, 6) is 0.00847. The van der Waals surface area contributed by atoms with Crippen molar-refractivity contribution in [2.75, 3.05) is 0 Å². The van der Waals surface area contributed by atoms with E-state index in [1.165, 1.54) is 22.4 Å². The molecule has 5 heteroatoms. The Kier molecular flexibility index (Phi) is 5.09. The summed E-state index contributed by atoms with van der Waals surface area (Å²) >= 11 is 0. The van der Waals surface area contributed by atoms with Gasteiger partial charge in [0.25, 0.3) is 11.5 Å². The Hall–Kier alpha value is -2.43. The molecule has 0 aliphatic rings. The van der Waals surface area contributed by atoms with Crippen molar-refractivity contribution in [1.82, 2.24) is 15.1 Å². The number of aromatic nitrogens is 2. The summed E-state index contributed by atoms with van der Waals surface area (Å²) in [7, 11) is 0. The predicted octanol–water partition coefficient (Wildman–Crippen LogP) is 2.14. The van der Waals surface area contributed by atoms with Crippen molar-refractivity contribution in [2.45, 2.75) is 33.9 Å². The Morgan fingerprint density at radius 2 is 1.86 bits per heavy atom. The quantitative estimate of drug-likeness (QED) is 0.920. The van der Waals surface area contributed by atoms with E-state index < -0.39 is 0 Å². The molecule has 0 atom stereocenters. The van der Waals surface area contributed by atoms with Crippen molar-refractivity contribution >= 4 is 5.91 Å². The second-order valence-electron chi connectivity index (χ2n) is 5.80. The largest absolute Gasteiger partial charge is 0.347 e. The summed E-state index contributed by atoms with van der Waals surface area (Å²) in [5.41, 5.74) is 2.27. The van der Waals surface area contributed by atoms with Crippen molar-refractivity contribution in [3.63, 3.8) is 0 Å². The lowest BCUT2D eigenvalue weighted by Crippen LogP contribution is -2.30. The fourth-order valence-electron chi connectivity index (χ4n) is 2.03. The fraction of sp³-hybridized carbons (Fsp3) is 0.353. The Balaban J connectivity index is 2.06. The molecule has 0 fully saturated rings. The summed E-state index contributed by atoms with van der Waals surface area (Å²) < 4.78 is 1.34.